The van der Waals surface area contributed by atoms with Gasteiger partial charge in [0.15, 0.2) is 20.1 Å². The number of nitrogens with one attached hydrogen (secondary N) is 1. The number of carbonyl (C=O) groups is 2. The molecule has 0 radical (unpaired) electrons. The van der Waals surface area contributed by atoms with Crippen LogP contribution in [0.25, 0.3) is 0 Å². The van der Waals surface area contributed by atoms with Crippen LogP contribution in [-0.4, -0.2) is 96.6 Å². The lowest BCUT2D eigenvalue weighted by Gasteiger charge is -2.47. The third kappa shape index (κ3) is 12.0. The lowest BCUT2D eigenvalue weighted by atomic mass is 9.92. The maximum absolute atomic E-state index is 13.0. The topological polar surface area (TPSA) is 122 Å². The second-order valence-corrected chi connectivity index (χ2v) is 17.3. The molecule has 1 heterocycles. The van der Waals surface area contributed by atoms with Crippen LogP contribution in [0.5, 0.6) is 0 Å². The summed E-state index contributed by atoms with van der Waals surface area (Å²) in [6.07, 6.45) is 8.02. The van der Waals surface area contributed by atoms with E-state index in [1.165, 1.54) is 14.2 Å². The Labute approximate surface area is 261 Å². The van der Waals surface area contributed by atoms with Crippen molar-refractivity contribution in [2.24, 2.45) is 0 Å². The highest BCUT2D eigenvalue weighted by Crippen LogP contribution is 2.41. The van der Waals surface area contributed by atoms with Crippen LogP contribution in [0.2, 0.25) is 18.1 Å². The maximum atomic E-state index is 13.0. The van der Waals surface area contributed by atoms with E-state index < -0.39 is 50.8 Å². The number of halogens is 1. The molecule has 2 N–H and O–H groups in total. The van der Waals surface area contributed by atoms with Crippen LogP contribution >= 0.6 is 15.9 Å². The Morgan fingerprint density at radius 2 is 1.88 bits per heavy atom. The average molecular weight is 679 g/mol. The Morgan fingerprint density at radius 3 is 2.38 bits per heavy atom. The van der Waals surface area contributed by atoms with Crippen molar-refractivity contribution in [2.45, 2.75) is 108 Å². The van der Waals surface area contributed by atoms with Crippen LogP contribution in [0, 0.1) is 0 Å². The summed E-state index contributed by atoms with van der Waals surface area (Å²) in [6.45, 7) is 12.3. The molecule has 1 fully saturated rings. The van der Waals surface area contributed by atoms with Gasteiger partial charge in [-0.05, 0) is 36.5 Å². The molecule has 1 amide bonds. The number of aliphatic hydroxyl groups excluding tert-OH is 1. The quantitative estimate of drug-likeness (QED) is 0.135. The minimum atomic E-state index is -2.28. The second-order valence-electron chi connectivity index (χ2n) is 12.1. The summed E-state index contributed by atoms with van der Waals surface area (Å²) in [5.41, 5.74) is 0.969. The lowest BCUT2D eigenvalue weighted by molar-refractivity contribution is -0.296. The predicted molar refractivity (Wildman–Crippen MR) is 169 cm³/mol. The number of ether oxygens (including phenoxy) is 5. The predicted octanol–water partition coefficient (Wildman–Crippen LogP) is 4.77. The van der Waals surface area contributed by atoms with Crippen molar-refractivity contribution in [3.63, 3.8) is 0 Å². The van der Waals surface area contributed by atoms with Gasteiger partial charge in [0.2, 0.25) is 5.91 Å². The summed E-state index contributed by atoms with van der Waals surface area (Å²) in [6, 6.07) is -1.19. The molecule has 0 bridgehead atoms. The van der Waals surface area contributed by atoms with Gasteiger partial charge in [0.1, 0.15) is 0 Å². The summed E-state index contributed by atoms with van der Waals surface area (Å²) in [5, 5.41) is 12.0. The minimum Gasteiger partial charge on any atom is -0.467 e. The van der Waals surface area contributed by atoms with E-state index in [0.29, 0.717) is 6.42 Å². The number of allylic oxidation sites excluding steroid dienone is 2. The van der Waals surface area contributed by atoms with Crippen molar-refractivity contribution in [2.75, 3.05) is 35.0 Å². The van der Waals surface area contributed by atoms with Gasteiger partial charge in [0.05, 0.1) is 44.6 Å². The van der Waals surface area contributed by atoms with E-state index in [-0.39, 0.29) is 30.1 Å². The van der Waals surface area contributed by atoms with E-state index in [0.717, 1.165) is 12.0 Å². The largest absolute Gasteiger partial charge is 0.467 e. The number of methoxy groups -OCH3 is 4. The number of hydrogen-bond donors (Lipinski definition) is 2. The monoisotopic (exact) mass is 677 g/mol. The first-order chi connectivity index (χ1) is 19.6. The van der Waals surface area contributed by atoms with Gasteiger partial charge in [-0.25, -0.2) is 4.79 Å². The Morgan fingerprint density at radius 1 is 1.21 bits per heavy atom. The number of rotatable bonds is 16. The van der Waals surface area contributed by atoms with Crippen molar-refractivity contribution in [1.29, 1.82) is 0 Å². The standard InChI is InChI=1S/C30H52BrNO9Si/c1-21(13-14-22(36-5)12-11-15-31)16-26(41-42(9,10)29(2,3)4)25-17-23(37-6)18-30(39-8,40-25)19-27(34)32-24(20-33)28(35)38-7/h11,13-16,22-26,33H,12,17-20H2,1-10H3,(H,32,34)/b14-13+,15-11+,21-16+/t22-,23-,24-,25-,26-,30+/m1/s1. The molecule has 0 aliphatic carbocycles. The first-order valence-electron chi connectivity index (χ1n) is 14.2. The van der Waals surface area contributed by atoms with E-state index in [9.17, 15) is 14.7 Å². The molecule has 1 aliphatic heterocycles. The zero-order chi connectivity index (χ0) is 32.1. The van der Waals surface area contributed by atoms with Gasteiger partial charge in [-0.2, -0.15) is 0 Å². The third-order valence-electron chi connectivity index (χ3n) is 7.90. The van der Waals surface area contributed by atoms with E-state index in [2.05, 4.69) is 59.8 Å². The Hall–Kier alpha value is -1.38. The normalized spacial score (nSPS) is 24.5. The highest BCUT2D eigenvalue weighted by atomic mass is 79.9. The zero-order valence-electron chi connectivity index (χ0n) is 26.9. The molecular weight excluding hydrogens is 626 g/mol. The molecule has 0 spiro atoms. The first-order valence-corrected chi connectivity index (χ1v) is 18.0. The molecule has 10 nitrogen and oxygen atoms in total. The van der Waals surface area contributed by atoms with Crippen molar-refractivity contribution in [3.8, 4) is 0 Å². The number of carbonyl (C=O) groups excluding carboxylic acids is 2. The van der Waals surface area contributed by atoms with Gasteiger partial charge in [0, 0.05) is 34.2 Å². The van der Waals surface area contributed by atoms with E-state index in [1.54, 1.807) is 14.2 Å². The van der Waals surface area contributed by atoms with Crippen LogP contribution in [0.4, 0.5) is 0 Å². The van der Waals surface area contributed by atoms with Crippen LogP contribution in [0.1, 0.15) is 53.4 Å². The smallest absolute Gasteiger partial charge is 0.330 e. The molecule has 6 atom stereocenters. The van der Waals surface area contributed by atoms with Gasteiger partial charge in [-0.3, -0.25) is 4.79 Å². The number of amides is 1. The van der Waals surface area contributed by atoms with E-state index in [4.69, 9.17) is 23.4 Å². The fourth-order valence-corrected chi connectivity index (χ4v) is 5.79. The molecule has 0 saturated carbocycles. The minimum absolute atomic E-state index is 0.0628. The fraction of sp³-hybridized carbons (Fsp3) is 0.733. The first kappa shape index (κ1) is 38.6. The Bertz CT molecular complexity index is 950. The lowest BCUT2D eigenvalue weighted by Crippen LogP contribution is -2.56. The molecular formula is C30H52BrNO9Si. The van der Waals surface area contributed by atoms with E-state index >= 15 is 0 Å². The molecule has 0 aromatic carbocycles. The van der Waals surface area contributed by atoms with E-state index in [1.807, 2.05) is 36.2 Å². The molecule has 42 heavy (non-hydrogen) atoms. The van der Waals surface area contributed by atoms with Crippen molar-refractivity contribution >= 4 is 36.1 Å². The highest BCUT2D eigenvalue weighted by molar-refractivity contribution is 9.11. The summed E-state index contributed by atoms with van der Waals surface area (Å²) >= 11 is 3.30. The van der Waals surface area contributed by atoms with Crippen molar-refractivity contribution in [1.82, 2.24) is 5.32 Å². The van der Waals surface area contributed by atoms with Crippen molar-refractivity contribution in [3.05, 3.63) is 34.9 Å². The summed E-state index contributed by atoms with van der Waals surface area (Å²) < 4.78 is 35.4. The summed E-state index contributed by atoms with van der Waals surface area (Å²) in [5.74, 6) is -2.62. The summed E-state index contributed by atoms with van der Waals surface area (Å²) in [4.78, 5) is 26.8. The number of hydrogen-bond acceptors (Lipinski definition) is 9. The Balaban J connectivity index is 3.42. The molecule has 242 valence electrons. The highest BCUT2D eigenvalue weighted by Gasteiger charge is 2.48. The van der Waals surface area contributed by atoms with Crippen LogP contribution in [0.15, 0.2) is 34.9 Å². The van der Waals surface area contributed by atoms with Gasteiger partial charge >= 0.3 is 5.97 Å². The molecule has 0 aromatic heterocycles. The van der Waals surface area contributed by atoms with Gasteiger partial charge < -0.3 is 38.5 Å². The fourth-order valence-electron chi connectivity index (χ4n) is 4.32. The molecule has 12 heteroatoms. The molecule has 1 rings (SSSR count). The third-order valence-corrected chi connectivity index (χ3v) is 12.8. The molecule has 0 unspecified atom stereocenters. The zero-order valence-corrected chi connectivity index (χ0v) is 29.5. The summed E-state index contributed by atoms with van der Waals surface area (Å²) in [7, 11) is 3.68. The maximum Gasteiger partial charge on any atom is 0.330 e. The van der Waals surface area contributed by atoms with Gasteiger partial charge in [0.25, 0.3) is 0 Å². The second kappa shape index (κ2) is 17.8. The van der Waals surface area contributed by atoms with Gasteiger partial charge in [-0.15, -0.1) is 0 Å². The van der Waals surface area contributed by atoms with Crippen LogP contribution < -0.4 is 5.32 Å². The number of aliphatic hydroxyl groups is 1. The number of esters is 1. The van der Waals surface area contributed by atoms with Crippen LogP contribution in [-0.2, 0) is 37.7 Å². The molecule has 1 saturated heterocycles. The molecule has 0 aromatic rings. The van der Waals surface area contributed by atoms with Crippen LogP contribution in [0.3, 0.4) is 0 Å². The van der Waals surface area contributed by atoms with Crippen molar-refractivity contribution < 1.29 is 42.8 Å². The van der Waals surface area contributed by atoms with Gasteiger partial charge in [-0.1, -0.05) is 66.6 Å². The molecule has 1 aliphatic rings. The average Bonchev–Trinajstić information content (AvgIpc) is 2.94. The SMILES string of the molecule is COC(=O)[C@@H](CO)NC(=O)C[C@]1(OC)C[C@H](OC)C[C@H]([C@@H](/C=C(C)/C=C/[C@@H](C/C=C/Br)OC)O[Si](C)(C)C(C)(C)C)O1. The Kier molecular flexibility index (Phi) is 16.4.